The van der Waals surface area contributed by atoms with E-state index in [4.69, 9.17) is 16.3 Å². The topological polar surface area (TPSA) is 53.4 Å². The molecule has 0 aliphatic rings. The van der Waals surface area contributed by atoms with Crippen LogP contribution in [0.4, 0.5) is 4.39 Å². The van der Waals surface area contributed by atoms with E-state index < -0.39 is 11.8 Å². The minimum absolute atomic E-state index is 0.0202. The van der Waals surface area contributed by atoms with Crippen molar-refractivity contribution < 1.29 is 18.7 Å². The Labute approximate surface area is 113 Å². The predicted octanol–water partition coefficient (Wildman–Crippen LogP) is 2.50. The number of carbonyl (C=O) groups excluding carboxylic acids is 1. The molecule has 0 radical (unpaired) electrons. The van der Waals surface area contributed by atoms with Crippen molar-refractivity contribution in [3.63, 3.8) is 0 Å². The maximum absolute atomic E-state index is 12.9. The van der Waals surface area contributed by atoms with Crippen LogP contribution in [-0.2, 0) is 11.5 Å². The number of halogens is 2. The van der Waals surface area contributed by atoms with Crippen LogP contribution in [0.25, 0.3) is 0 Å². The first kappa shape index (κ1) is 13.4. The van der Waals surface area contributed by atoms with Crippen LogP contribution in [0.3, 0.4) is 0 Å². The summed E-state index contributed by atoms with van der Waals surface area (Å²) < 4.78 is 24.2. The van der Waals surface area contributed by atoms with E-state index in [1.54, 1.807) is 6.20 Å². The molecule has 0 aliphatic carbocycles. The minimum Gasteiger partial charge on any atom is -0.471 e. The maximum atomic E-state index is 12.9. The summed E-state index contributed by atoms with van der Waals surface area (Å²) in [5, 5.41) is 3.93. The number of esters is 1. The van der Waals surface area contributed by atoms with Gasteiger partial charge in [-0.3, -0.25) is 0 Å². The van der Waals surface area contributed by atoms with Gasteiger partial charge in [-0.05, 0) is 18.2 Å². The highest BCUT2D eigenvalue weighted by molar-refractivity contribution is 6.30. The van der Waals surface area contributed by atoms with E-state index in [0.717, 1.165) is 0 Å². The van der Waals surface area contributed by atoms with Crippen LogP contribution in [0.5, 0.6) is 5.75 Å². The molecule has 100 valence electrons. The van der Waals surface area contributed by atoms with Crippen molar-refractivity contribution >= 4 is 17.6 Å². The second-order valence-corrected chi connectivity index (χ2v) is 3.99. The first-order valence-electron chi connectivity index (χ1n) is 5.30. The molecule has 7 heteroatoms. The van der Waals surface area contributed by atoms with Gasteiger partial charge < -0.3 is 9.47 Å². The van der Waals surface area contributed by atoms with E-state index in [9.17, 15) is 9.18 Å². The molecule has 2 aromatic rings. The van der Waals surface area contributed by atoms with Crippen molar-refractivity contribution in [3.8, 4) is 5.75 Å². The van der Waals surface area contributed by atoms with Gasteiger partial charge in [0.2, 0.25) is 0 Å². The molecule has 5 nitrogen and oxygen atoms in total. The smallest absolute Gasteiger partial charge is 0.358 e. The second kappa shape index (κ2) is 5.71. The minimum atomic E-state index is -0.524. The average molecular weight is 285 g/mol. The summed E-state index contributed by atoms with van der Waals surface area (Å²) in [6.07, 6.45) is 1.57. The largest absolute Gasteiger partial charge is 0.471 e. The van der Waals surface area contributed by atoms with Crippen LogP contribution in [0.2, 0.25) is 5.02 Å². The number of benzene rings is 1. The van der Waals surface area contributed by atoms with E-state index in [1.807, 2.05) is 0 Å². The molecule has 0 saturated carbocycles. The number of methoxy groups -OCH3 is 1. The third-order valence-corrected chi connectivity index (χ3v) is 2.58. The molecule has 0 fully saturated rings. The molecule has 0 atom stereocenters. The zero-order valence-corrected chi connectivity index (χ0v) is 10.7. The third kappa shape index (κ3) is 3.23. The third-order valence-electron chi connectivity index (χ3n) is 2.29. The predicted molar refractivity (Wildman–Crippen MR) is 65.6 cm³/mol. The van der Waals surface area contributed by atoms with E-state index in [1.165, 1.54) is 36.1 Å². The molecule has 0 amide bonds. The Morgan fingerprint density at radius 3 is 2.95 bits per heavy atom. The number of hydrogen-bond acceptors (Lipinski definition) is 4. The van der Waals surface area contributed by atoms with Crippen molar-refractivity contribution in [3.05, 3.63) is 47.0 Å². The van der Waals surface area contributed by atoms with E-state index in [-0.39, 0.29) is 17.4 Å². The van der Waals surface area contributed by atoms with Crippen LogP contribution >= 0.6 is 11.6 Å². The number of hydrogen-bond donors (Lipinski definition) is 0. The van der Waals surface area contributed by atoms with Crippen LogP contribution in [-0.4, -0.2) is 22.9 Å². The summed E-state index contributed by atoms with van der Waals surface area (Å²) in [5.41, 5.74) is 0.184. The molecule has 0 unspecified atom stereocenters. The summed E-state index contributed by atoms with van der Waals surface area (Å²) in [6.45, 7) is 0.0684. The van der Waals surface area contributed by atoms with E-state index >= 15 is 0 Å². The van der Waals surface area contributed by atoms with Gasteiger partial charge in [0.05, 0.1) is 12.1 Å². The molecule has 0 saturated heterocycles. The standard InChI is InChI=1S/C12H10ClFN2O3/c1-18-12(17)11-4-5-16(15-11)7-19-8-2-3-10(14)9(13)6-8/h2-6H,7H2,1H3. The van der Waals surface area contributed by atoms with Crippen molar-refractivity contribution in [2.24, 2.45) is 0 Å². The number of rotatable bonds is 4. The van der Waals surface area contributed by atoms with Gasteiger partial charge in [0.15, 0.2) is 12.4 Å². The first-order chi connectivity index (χ1) is 9.10. The summed E-state index contributed by atoms with van der Waals surface area (Å²) in [5.74, 6) is -0.633. The molecule has 0 aliphatic heterocycles. The van der Waals surface area contributed by atoms with Gasteiger partial charge in [0.25, 0.3) is 0 Å². The van der Waals surface area contributed by atoms with E-state index in [2.05, 4.69) is 9.84 Å². The molecule has 1 aromatic heterocycles. The molecule has 0 spiro atoms. The molecule has 1 aromatic carbocycles. The molecule has 2 rings (SSSR count). The van der Waals surface area contributed by atoms with Crippen molar-refractivity contribution in [1.82, 2.24) is 9.78 Å². The highest BCUT2D eigenvalue weighted by atomic mass is 35.5. The lowest BCUT2D eigenvalue weighted by Gasteiger charge is -2.06. The van der Waals surface area contributed by atoms with Crippen LogP contribution in [0.1, 0.15) is 10.5 Å². The zero-order chi connectivity index (χ0) is 13.8. The summed E-state index contributed by atoms with van der Waals surface area (Å²) in [4.78, 5) is 11.2. The average Bonchev–Trinajstić information content (AvgIpc) is 2.88. The highest BCUT2D eigenvalue weighted by Gasteiger charge is 2.09. The molecule has 19 heavy (non-hydrogen) atoms. The van der Waals surface area contributed by atoms with Crippen molar-refractivity contribution in [1.29, 1.82) is 0 Å². The summed E-state index contributed by atoms with van der Waals surface area (Å²) >= 11 is 5.62. The molecular formula is C12H10ClFN2O3. The summed E-state index contributed by atoms with van der Waals surface area (Å²) in [7, 11) is 1.28. The lowest BCUT2D eigenvalue weighted by atomic mass is 10.3. The normalized spacial score (nSPS) is 10.3. The Hall–Kier alpha value is -2.08. The molecule has 0 N–H and O–H groups in total. The van der Waals surface area contributed by atoms with E-state index in [0.29, 0.717) is 5.75 Å². The fourth-order valence-electron chi connectivity index (χ4n) is 1.35. The number of ether oxygens (including phenoxy) is 2. The lowest BCUT2D eigenvalue weighted by Crippen LogP contribution is -2.08. The van der Waals surface area contributed by atoms with Crippen molar-refractivity contribution in [2.75, 3.05) is 7.11 Å². The SMILES string of the molecule is COC(=O)c1ccn(COc2ccc(F)c(Cl)c2)n1. The van der Waals surface area contributed by atoms with Crippen molar-refractivity contribution in [2.45, 2.75) is 6.73 Å². The Balaban J connectivity index is 2.00. The second-order valence-electron chi connectivity index (χ2n) is 3.58. The molecular weight excluding hydrogens is 275 g/mol. The highest BCUT2D eigenvalue weighted by Crippen LogP contribution is 2.21. The van der Waals surface area contributed by atoms with Gasteiger partial charge in [0, 0.05) is 12.3 Å². The van der Waals surface area contributed by atoms with Gasteiger partial charge in [-0.1, -0.05) is 11.6 Å². The van der Waals surface area contributed by atoms with Crippen LogP contribution in [0, 0.1) is 5.82 Å². The number of nitrogens with zero attached hydrogens (tertiary/aromatic N) is 2. The fraction of sp³-hybridized carbons (Fsp3) is 0.167. The monoisotopic (exact) mass is 284 g/mol. The van der Waals surface area contributed by atoms with Crippen LogP contribution in [0.15, 0.2) is 30.5 Å². The quantitative estimate of drug-likeness (QED) is 0.810. The first-order valence-corrected chi connectivity index (χ1v) is 5.67. The fourth-order valence-corrected chi connectivity index (χ4v) is 1.52. The maximum Gasteiger partial charge on any atom is 0.358 e. The van der Waals surface area contributed by atoms with Gasteiger partial charge in [-0.2, -0.15) is 5.10 Å². The lowest BCUT2D eigenvalue weighted by molar-refractivity contribution is 0.0592. The molecule has 1 heterocycles. The Morgan fingerprint density at radius 1 is 1.47 bits per heavy atom. The van der Waals surface area contributed by atoms with Gasteiger partial charge in [-0.15, -0.1) is 0 Å². The van der Waals surface area contributed by atoms with Gasteiger partial charge in [0.1, 0.15) is 11.6 Å². The van der Waals surface area contributed by atoms with Gasteiger partial charge >= 0.3 is 5.97 Å². The summed E-state index contributed by atoms with van der Waals surface area (Å²) in [6, 6.07) is 5.53. The zero-order valence-electron chi connectivity index (χ0n) is 9.97. The molecule has 0 bridgehead atoms. The van der Waals surface area contributed by atoms with Gasteiger partial charge in [-0.25, -0.2) is 13.9 Å². The Kier molecular flexibility index (Phi) is 4.01. The number of carbonyl (C=O) groups is 1. The Bertz CT molecular complexity index is 600. The Morgan fingerprint density at radius 2 is 2.26 bits per heavy atom. The van der Waals surface area contributed by atoms with Crippen LogP contribution < -0.4 is 4.74 Å². The number of aromatic nitrogens is 2.